The molecule has 1 rings (SSSR count). The lowest BCUT2D eigenvalue weighted by Gasteiger charge is -2.12. The van der Waals surface area contributed by atoms with Crippen LogP contribution in [-0.4, -0.2) is 22.1 Å². The monoisotopic (exact) mass is 226 g/mol. The molecule has 1 aromatic carbocycles. The van der Waals surface area contributed by atoms with Crippen LogP contribution in [0.5, 0.6) is 0 Å². The SMILES string of the molecule is Cc1ccc(SC(C)CCO)c(CO)c1. The van der Waals surface area contributed by atoms with Crippen LogP contribution >= 0.6 is 11.8 Å². The first-order valence-corrected chi connectivity index (χ1v) is 6.03. The summed E-state index contributed by atoms with van der Waals surface area (Å²) < 4.78 is 0. The minimum Gasteiger partial charge on any atom is -0.396 e. The zero-order chi connectivity index (χ0) is 11.3. The van der Waals surface area contributed by atoms with E-state index in [0.717, 1.165) is 16.9 Å². The standard InChI is InChI=1S/C12H18O2S/c1-9-3-4-12(11(7-9)8-14)15-10(2)5-6-13/h3-4,7,10,13-14H,5-6,8H2,1-2H3. The molecule has 1 atom stereocenters. The number of aryl methyl sites for hydroxylation is 1. The first kappa shape index (κ1) is 12.6. The van der Waals surface area contributed by atoms with Gasteiger partial charge in [0.2, 0.25) is 0 Å². The predicted molar refractivity (Wildman–Crippen MR) is 64.1 cm³/mol. The Hall–Kier alpha value is -0.510. The third-order valence-corrected chi connectivity index (χ3v) is 3.54. The van der Waals surface area contributed by atoms with Gasteiger partial charge in [-0.1, -0.05) is 24.6 Å². The van der Waals surface area contributed by atoms with Crippen LogP contribution in [-0.2, 0) is 6.61 Å². The second kappa shape index (κ2) is 6.16. The molecule has 0 aliphatic carbocycles. The van der Waals surface area contributed by atoms with E-state index in [9.17, 15) is 5.11 Å². The minimum absolute atomic E-state index is 0.0792. The van der Waals surface area contributed by atoms with Gasteiger partial charge in [0.25, 0.3) is 0 Å². The lowest BCUT2D eigenvalue weighted by Crippen LogP contribution is -2.00. The first-order valence-electron chi connectivity index (χ1n) is 5.15. The summed E-state index contributed by atoms with van der Waals surface area (Å²) in [5, 5.41) is 18.4. The molecule has 0 fully saturated rings. The fourth-order valence-corrected chi connectivity index (χ4v) is 2.48. The van der Waals surface area contributed by atoms with Gasteiger partial charge < -0.3 is 10.2 Å². The van der Waals surface area contributed by atoms with Crippen molar-refractivity contribution >= 4 is 11.8 Å². The number of aliphatic hydroxyl groups is 2. The van der Waals surface area contributed by atoms with Crippen LogP contribution in [0, 0.1) is 6.92 Å². The summed E-state index contributed by atoms with van der Waals surface area (Å²) in [6.07, 6.45) is 0.781. The molecule has 0 saturated carbocycles. The number of rotatable bonds is 5. The average molecular weight is 226 g/mol. The second-order valence-electron chi connectivity index (χ2n) is 3.71. The molecule has 1 unspecified atom stereocenters. The summed E-state index contributed by atoms with van der Waals surface area (Å²) >= 11 is 1.71. The number of hydrogen-bond donors (Lipinski definition) is 2. The van der Waals surface area contributed by atoms with Gasteiger partial charge in [-0.15, -0.1) is 11.8 Å². The van der Waals surface area contributed by atoms with Gasteiger partial charge in [0.05, 0.1) is 6.61 Å². The van der Waals surface area contributed by atoms with E-state index in [4.69, 9.17) is 5.11 Å². The highest BCUT2D eigenvalue weighted by Crippen LogP contribution is 2.29. The molecular formula is C12H18O2S. The smallest absolute Gasteiger partial charge is 0.0692 e. The summed E-state index contributed by atoms with van der Waals surface area (Å²) in [6, 6.07) is 6.10. The maximum atomic E-state index is 9.22. The van der Waals surface area contributed by atoms with Gasteiger partial charge in [-0.3, -0.25) is 0 Å². The van der Waals surface area contributed by atoms with Crippen LogP contribution in [0.1, 0.15) is 24.5 Å². The van der Waals surface area contributed by atoms with Crippen LogP contribution < -0.4 is 0 Å². The summed E-state index contributed by atoms with van der Waals surface area (Å²) in [6.45, 7) is 4.40. The van der Waals surface area contributed by atoms with Crippen LogP contribution in [0.25, 0.3) is 0 Å². The fourth-order valence-electron chi connectivity index (χ4n) is 1.40. The maximum Gasteiger partial charge on any atom is 0.0692 e. The van der Waals surface area contributed by atoms with Crippen molar-refractivity contribution in [2.45, 2.75) is 37.0 Å². The van der Waals surface area contributed by atoms with Crippen molar-refractivity contribution in [3.05, 3.63) is 29.3 Å². The topological polar surface area (TPSA) is 40.5 Å². The van der Waals surface area contributed by atoms with Crippen molar-refractivity contribution in [1.82, 2.24) is 0 Å². The van der Waals surface area contributed by atoms with E-state index in [2.05, 4.69) is 6.92 Å². The number of benzene rings is 1. The largest absolute Gasteiger partial charge is 0.396 e. The molecule has 15 heavy (non-hydrogen) atoms. The highest BCUT2D eigenvalue weighted by atomic mass is 32.2. The Labute approximate surface area is 95.3 Å². The Morgan fingerprint density at radius 2 is 2.07 bits per heavy atom. The Bertz CT molecular complexity index is 312. The minimum atomic E-state index is 0.0792. The summed E-state index contributed by atoms with van der Waals surface area (Å²) in [7, 11) is 0. The van der Waals surface area contributed by atoms with E-state index >= 15 is 0 Å². The zero-order valence-electron chi connectivity index (χ0n) is 9.23. The Kier molecular flexibility index (Phi) is 5.15. The van der Waals surface area contributed by atoms with Crippen LogP contribution in [0.2, 0.25) is 0 Å². The lowest BCUT2D eigenvalue weighted by molar-refractivity contribution is 0.278. The highest BCUT2D eigenvalue weighted by molar-refractivity contribution is 8.00. The fraction of sp³-hybridized carbons (Fsp3) is 0.500. The molecule has 0 aliphatic rings. The molecule has 2 nitrogen and oxygen atoms in total. The molecular weight excluding hydrogens is 208 g/mol. The number of aliphatic hydroxyl groups excluding tert-OH is 2. The zero-order valence-corrected chi connectivity index (χ0v) is 10.0. The van der Waals surface area contributed by atoms with Gasteiger partial charge in [0.15, 0.2) is 0 Å². The van der Waals surface area contributed by atoms with E-state index in [1.807, 2.05) is 25.1 Å². The molecule has 0 spiro atoms. The van der Waals surface area contributed by atoms with Crippen molar-refractivity contribution in [1.29, 1.82) is 0 Å². The molecule has 1 aromatic rings. The summed E-state index contributed by atoms with van der Waals surface area (Å²) in [5.74, 6) is 0. The molecule has 2 N–H and O–H groups in total. The molecule has 0 aromatic heterocycles. The molecule has 3 heteroatoms. The van der Waals surface area contributed by atoms with E-state index in [-0.39, 0.29) is 13.2 Å². The Balaban J connectivity index is 2.75. The average Bonchev–Trinajstić information content (AvgIpc) is 2.21. The van der Waals surface area contributed by atoms with Gasteiger partial charge >= 0.3 is 0 Å². The van der Waals surface area contributed by atoms with Crippen molar-refractivity contribution in [3.8, 4) is 0 Å². The maximum absolute atomic E-state index is 9.22. The van der Waals surface area contributed by atoms with Gasteiger partial charge in [-0.2, -0.15) is 0 Å². The third-order valence-electron chi connectivity index (χ3n) is 2.25. The molecule has 0 aliphatic heterocycles. The molecule has 0 bridgehead atoms. The van der Waals surface area contributed by atoms with Crippen molar-refractivity contribution in [2.24, 2.45) is 0 Å². The molecule has 0 saturated heterocycles. The van der Waals surface area contributed by atoms with E-state index in [1.54, 1.807) is 11.8 Å². The van der Waals surface area contributed by atoms with Gasteiger partial charge in [-0.05, 0) is 25.0 Å². The van der Waals surface area contributed by atoms with E-state index < -0.39 is 0 Å². The predicted octanol–water partition coefficient (Wildman–Crippen LogP) is 2.35. The van der Waals surface area contributed by atoms with Crippen molar-refractivity contribution in [2.75, 3.05) is 6.61 Å². The Morgan fingerprint density at radius 1 is 1.33 bits per heavy atom. The molecule has 0 radical (unpaired) electrons. The van der Waals surface area contributed by atoms with Gasteiger partial charge in [-0.25, -0.2) is 0 Å². The molecule has 84 valence electrons. The quantitative estimate of drug-likeness (QED) is 0.757. The van der Waals surface area contributed by atoms with Crippen LogP contribution in [0.3, 0.4) is 0 Å². The summed E-state index contributed by atoms with van der Waals surface area (Å²) in [5.41, 5.74) is 2.14. The highest BCUT2D eigenvalue weighted by Gasteiger charge is 2.07. The van der Waals surface area contributed by atoms with Gasteiger partial charge in [0.1, 0.15) is 0 Å². The van der Waals surface area contributed by atoms with E-state index in [1.165, 1.54) is 5.56 Å². The molecule has 0 heterocycles. The van der Waals surface area contributed by atoms with Crippen molar-refractivity contribution in [3.63, 3.8) is 0 Å². The number of thioether (sulfide) groups is 1. The normalized spacial score (nSPS) is 12.8. The first-order chi connectivity index (χ1) is 7.17. The molecule has 0 amide bonds. The lowest BCUT2D eigenvalue weighted by atomic mass is 10.1. The van der Waals surface area contributed by atoms with Crippen LogP contribution in [0.4, 0.5) is 0 Å². The van der Waals surface area contributed by atoms with Crippen LogP contribution in [0.15, 0.2) is 23.1 Å². The second-order valence-corrected chi connectivity index (χ2v) is 5.19. The van der Waals surface area contributed by atoms with E-state index in [0.29, 0.717) is 5.25 Å². The third kappa shape index (κ3) is 3.86. The van der Waals surface area contributed by atoms with Crippen molar-refractivity contribution < 1.29 is 10.2 Å². The van der Waals surface area contributed by atoms with Gasteiger partial charge in [0, 0.05) is 16.8 Å². The number of hydrogen-bond acceptors (Lipinski definition) is 3. The summed E-state index contributed by atoms with van der Waals surface area (Å²) in [4.78, 5) is 1.11. The Morgan fingerprint density at radius 3 is 2.67 bits per heavy atom.